The number of hydrogen-bond donors (Lipinski definition) is 1. The molecule has 146 valence electrons. The predicted octanol–water partition coefficient (Wildman–Crippen LogP) is 3.09. The van der Waals surface area contributed by atoms with Crippen LogP contribution in [0.3, 0.4) is 0 Å². The summed E-state index contributed by atoms with van der Waals surface area (Å²) in [6.07, 6.45) is 2.53. The zero-order chi connectivity index (χ0) is 19.7. The van der Waals surface area contributed by atoms with Crippen molar-refractivity contribution in [3.8, 4) is 22.6 Å². The Balaban J connectivity index is 1.69. The average molecular weight is 398 g/mol. The fraction of sp³-hybridized carbons (Fsp3) is 0.350. The molecule has 1 aliphatic heterocycles. The van der Waals surface area contributed by atoms with Crippen molar-refractivity contribution in [1.29, 1.82) is 0 Å². The minimum absolute atomic E-state index is 0.00606. The SMILES string of the molecule is COc1ccc(-c2csc3c(N4CC[C@@H](NC(C)=O)C4)ncnc23)cc1OC. The van der Waals surface area contributed by atoms with Crippen LogP contribution in [0.2, 0.25) is 0 Å². The summed E-state index contributed by atoms with van der Waals surface area (Å²) >= 11 is 1.63. The third-order valence-corrected chi connectivity index (χ3v) is 5.89. The summed E-state index contributed by atoms with van der Waals surface area (Å²) < 4.78 is 11.8. The number of ether oxygens (including phenoxy) is 2. The number of thiophene rings is 1. The quantitative estimate of drug-likeness (QED) is 0.712. The van der Waals surface area contributed by atoms with Crippen molar-refractivity contribution in [2.24, 2.45) is 0 Å². The Labute approximate surface area is 167 Å². The molecule has 0 aliphatic carbocycles. The van der Waals surface area contributed by atoms with Crippen LogP contribution in [-0.2, 0) is 4.79 Å². The summed E-state index contributed by atoms with van der Waals surface area (Å²) in [6.45, 7) is 3.18. The van der Waals surface area contributed by atoms with E-state index in [2.05, 4.69) is 25.6 Å². The van der Waals surface area contributed by atoms with Crippen LogP contribution < -0.4 is 19.7 Å². The molecule has 7 nitrogen and oxygen atoms in total. The Morgan fingerprint density at radius 3 is 2.82 bits per heavy atom. The highest BCUT2D eigenvalue weighted by atomic mass is 32.1. The number of carbonyl (C=O) groups excluding carboxylic acids is 1. The Kier molecular flexibility index (Phi) is 5.04. The first-order valence-electron chi connectivity index (χ1n) is 9.07. The Morgan fingerprint density at radius 2 is 2.07 bits per heavy atom. The first-order chi connectivity index (χ1) is 13.6. The van der Waals surface area contributed by atoms with Crippen LogP contribution in [0.15, 0.2) is 29.9 Å². The molecule has 28 heavy (non-hydrogen) atoms. The van der Waals surface area contributed by atoms with Crippen LogP contribution in [-0.4, -0.2) is 49.2 Å². The Morgan fingerprint density at radius 1 is 1.25 bits per heavy atom. The molecule has 0 saturated carbocycles. The molecule has 1 fully saturated rings. The van der Waals surface area contributed by atoms with Gasteiger partial charge in [-0.05, 0) is 24.1 Å². The number of anilines is 1. The Hall–Kier alpha value is -2.87. The largest absolute Gasteiger partial charge is 0.493 e. The molecule has 0 bridgehead atoms. The lowest BCUT2D eigenvalue weighted by Crippen LogP contribution is -2.35. The van der Waals surface area contributed by atoms with E-state index >= 15 is 0 Å². The molecule has 1 saturated heterocycles. The number of methoxy groups -OCH3 is 2. The molecule has 0 spiro atoms. The standard InChI is InChI=1S/C20H22N4O3S/c1-12(25)23-14-6-7-24(9-14)20-19-18(21-11-22-20)15(10-28-19)13-4-5-16(26-2)17(8-13)27-3/h4-5,8,10-11,14H,6-7,9H2,1-3H3,(H,23,25)/t14-/m1/s1. The highest BCUT2D eigenvalue weighted by molar-refractivity contribution is 7.18. The van der Waals surface area contributed by atoms with E-state index in [1.54, 1.807) is 38.8 Å². The fourth-order valence-corrected chi connectivity index (χ4v) is 4.68. The van der Waals surface area contributed by atoms with Crippen molar-refractivity contribution in [3.63, 3.8) is 0 Å². The lowest BCUT2D eigenvalue weighted by molar-refractivity contribution is -0.119. The molecule has 1 aromatic carbocycles. The van der Waals surface area contributed by atoms with E-state index in [0.29, 0.717) is 11.5 Å². The van der Waals surface area contributed by atoms with Gasteiger partial charge in [-0.15, -0.1) is 11.3 Å². The van der Waals surface area contributed by atoms with Gasteiger partial charge in [0.15, 0.2) is 11.5 Å². The van der Waals surface area contributed by atoms with Crippen molar-refractivity contribution in [1.82, 2.24) is 15.3 Å². The lowest BCUT2D eigenvalue weighted by Gasteiger charge is -2.18. The summed E-state index contributed by atoms with van der Waals surface area (Å²) in [6, 6.07) is 6.03. The van der Waals surface area contributed by atoms with Gasteiger partial charge in [0.1, 0.15) is 12.1 Å². The summed E-state index contributed by atoms with van der Waals surface area (Å²) in [4.78, 5) is 22.6. The number of carbonyl (C=O) groups is 1. The van der Waals surface area contributed by atoms with Crippen LogP contribution in [0.4, 0.5) is 5.82 Å². The van der Waals surface area contributed by atoms with E-state index in [4.69, 9.17) is 9.47 Å². The molecular weight excluding hydrogens is 376 g/mol. The van der Waals surface area contributed by atoms with Gasteiger partial charge >= 0.3 is 0 Å². The van der Waals surface area contributed by atoms with Gasteiger partial charge in [0, 0.05) is 37.0 Å². The molecule has 4 rings (SSSR count). The van der Waals surface area contributed by atoms with Crippen molar-refractivity contribution >= 4 is 33.3 Å². The number of rotatable bonds is 5. The molecule has 1 atom stereocenters. The molecule has 0 unspecified atom stereocenters. The predicted molar refractivity (Wildman–Crippen MR) is 110 cm³/mol. The van der Waals surface area contributed by atoms with Crippen molar-refractivity contribution in [2.75, 3.05) is 32.2 Å². The number of hydrogen-bond acceptors (Lipinski definition) is 7. The second-order valence-electron chi connectivity index (χ2n) is 6.73. The van der Waals surface area contributed by atoms with E-state index in [9.17, 15) is 4.79 Å². The zero-order valence-corrected chi connectivity index (χ0v) is 16.9. The summed E-state index contributed by atoms with van der Waals surface area (Å²) in [5.74, 6) is 2.31. The number of nitrogens with one attached hydrogen (secondary N) is 1. The van der Waals surface area contributed by atoms with Crippen molar-refractivity contribution in [3.05, 3.63) is 29.9 Å². The van der Waals surface area contributed by atoms with Gasteiger partial charge in [0.05, 0.1) is 24.4 Å². The monoisotopic (exact) mass is 398 g/mol. The zero-order valence-electron chi connectivity index (χ0n) is 16.1. The molecule has 1 aliphatic rings. The first kappa shape index (κ1) is 18.5. The van der Waals surface area contributed by atoms with Gasteiger partial charge < -0.3 is 19.7 Å². The van der Waals surface area contributed by atoms with Crippen LogP contribution in [0, 0.1) is 0 Å². The van der Waals surface area contributed by atoms with E-state index in [1.807, 2.05) is 18.2 Å². The third kappa shape index (κ3) is 3.35. The van der Waals surface area contributed by atoms with E-state index in [0.717, 1.165) is 46.7 Å². The molecule has 8 heteroatoms. The van der Waals surface area contributed by atoms with Crippen molar-refractivity contribution < 1.29 is 14.3 Å². The molecule has 3 heterocycles. The maximum atomic E-state index is 11.3. The normalized spacial score (nSPS) is 16.4. The van der Waals surface area contributed by atoms with E-state index in [-0.39, 0.29) is 11.9 Å². The number of benzene rings is 1. The van der Waals surface area contributed by atoms with Crippen molar-refractivity contribution in [2.45, 2.75) is 19.4 Å². The first-order valence-corrected chi connectivity index (χ1v) is 9.95. The number of aromatic nitrogens is 2. The molecule has 3 aromatic rings. The number of nitrogens with zero attached hydrogens (tertiary/aromatic N) is 3. The summed E-state index contributed by atoms with van der Waals surface area (Å²) in [5.41, 5.74) is 2.98. The van der Waals surface area contributed by atoms with Gasteiger partial charge in [-0.3, -0.25) is 4.79 Å². The second-order valence-corrected chi connectivity index (χ2v) is 7.61. The molecule has 1 amide bonds. The molecule has 2 aromatic heterocycles. The second kappa shape index (κ2) is 7.63. The van der Waals surface area contributed by atoms with E-state index < -0.39 is 0 Å². The topological polar surface area (TPSA) is 76.6 Å². The minimum Gasteiger partial charge on any atom is -0.493 e. The van der Waals surface area contributed by atoms with Gasteiger partial charge in [-0.2, -0.15) is 0 Å². The smallest absolute Gasteiger partial charge is 0.217 e. The minimum atomic E-state index is 0.00606. The third-order valence-electron chi connectivity index (χ3n) is 4.92. The average Bonchev–Trinajstić information content (AvgIpc) is 3.33. The highest BCUT2D eigenvalue weighted by Gasteiger charge is 2.26. The van der Waals surface area contributed by atoms with Gasteiger partial charge in [0.2, 0.25) is 5.91 Å². The summed E-state index contributed by atoms with van der Waals surface area (Å²) in [5, 5.41) is 5.10. The maximum Gasteiger partial charge on any atom is 0.217 e. The number of amides is 1. The van der Waals surface area contributed by atoms with Gasteiger partial charge in [-0.1, -0.05) is 6.07 Å². The summed E-state index contributed by atoms with van der Waals surface area (Å²) in [7, 11) is 3.26. The van der Waals surface area contributed by atoms with Crippen LogP contribution in [0.25, 0.3) is 21.3 Å². The fourth-order valence-electron chi connectivity index (χ4n) is 3.63. The molecule has 1 N–H and O–H groups in total. The van der Waals surface area contributed by atoms with Crippen LogP contribution >= 0.6 is 11.3 Å². The van der Waals surface area contributed by atoms with Crippen LogP contribution in [0.1, 0.15) is 13.3 Å². The van der Waals surface area contributed by atoms with Gasteiger partial charge in [-0.25, -0.2) is 9.97 Å². The molecule has 0 radical (unpaired) electrons. The maximum absolute atomic E-state index is 11.3. The molecular formula is C20H22N4O3S. The van der Waals surface area contributed by atoms with E-state index in [1.165, 1.54) is 0 Å². The van der Waals surface area contributed by atoms with Crippen LogP contribution in [0.5, 0.6) is 11.5 Å². The lowest BCUT2D eigenvalue weighted by atomic mass is 10.1. The highest BCUT2D eigenvalue weighted by Crippen LogP contribution is 2.40. The Bertz CT molecular complexity index is 1020. The number of fused-ring (bicyclic) bond motifs is 1. The van der Waals surface area contributed by atoms with Gasteiger partial charge in [0.25, 0.3) is 0 Å².